The second-order valence-corrected chi connectivity index (χ2v) is 6.68. The monoisotopic (exact) mass is 440 g/mol. The summed E-state index contributed by atoms with van der Waals surface area (Å²) in [5, 5.41) is 0.957. The first kappa shape index (κ1) is 13.8. The lowest BCUT2D eigenvalue weighted by atomic mass is 10.1. The fourth-order valence-corrected chi connectivity index (χ4v) is 3.02. The van der Waals surface area contributed by atoms with Crippen molar-refractivity contribution in [2.45, 2.75) is 6.92 Å². The fourth-order valence-electron chi connectivity index (χ4n) is 2.08. The third-order valence-electron chi connectivity index (χ3n) is 3.07. The molecular formula is C16H10BrIO2. The fraction of sp³-hybridized carbons (Fsp3) is 0.0625. The number of rotatable bonds is 2. The number of hydrogen-bond donors (Lipinski definition) is 0. The molecule has 0 unspecified atom stereocenters. The normalized spacial score (nSPS) is 10.9. The van der Waals surface area contributed by atoms with Crippen molar-refractivity contribution in [2.75, 3.05) is 0 Å². The standard InChI is InChI=1S/C16H10BrIO2/c1-9-2-5-14-10(6-9)7-15(20-14)16(19)12-8-11(17)3-4-13(12)18/h2-8H,1H3. The smallest absolute Gasteiger partial charge is 0.229 e. The van der Waals surface area contributed by atoms with Crippen LogP contribution in [0.15, 0.2) is 51.4 Å². The highest BCUT2D eigenvalue weighted by molar-refractivity contribution is 14.1. The van der Waals surface area contributed by atoms with Gasteiger partial charge in [0.15, 0.2) is 5.76 Å². The minimum Gasteiger partial charge on any atom is -0.453 e. The summed E-state index contributed by atoms with van der Waals surface area (Å²) in [4.78, 5) is 12.6. The third kappa shape index (κ3) is 2.54. The minimum atomic E-state index is -0.0930. The highest BCUT2D eigenvalue weighted by atomic mass is 127. The second-order valence-electron chi connectivity index (χ2n) is 4.61. The van der Waals surface area contributed by atoms with Crippen LogP contribution in [0.3, 0.4) is 0 Å². The molecule has 0 bridgehead atoms. The molecule has 0 amide bonds. The molecule has 3 aromatic rings. The van der Waals surface area contributed by atoms with Gasteiger partial charge in [-0.15, -0.1) is 0 Å². The molecule has 0 atom stereocenters. The molecule has 4 heteroatoms. The van der Waals surface area contributed by atoms with Crippen LogP contribution in [0.5, 0.6) is 0 Å². The molecule has 0 aliphatic heterocycles. The maximum Gasteiger partial charge on any atom is 0.229 e. The summed E-state index contributed by atoms with van der Waals surface area (Å²) in [6.45, 7) is 2.02. The van der Waals surface area contributed by atoms with Crippen molar-refractivity contribution in [3.8, 4) is 0 Å². The van der Waals surface area contributed by atoms with Gasteiger partial charge in [0.05, 0.1) is 0 Å². The van der Waals surface area contributed by atoms with Crippen molar-refractivity contribution < 1.29 is 9.21 Å². The van der Waals surface area contributed by atoms with Crippen LogP contribution in [0.1, 0.15) is 21.7 Å². The van der Waals surface area contributed by atoms with Gasteiger partial charge in [0, 0.05) is 19.0 Å². The van der Waals surface area contributed by atoms with Gasteiger partial charge in [0.1, 0.15) is 5.58 Å². The zero-order chi connectivity index (χ0) is 14.3. The third-order valence-corrected chi connectivity index (χ3v) is 4.50. The second kappa shape index (κ2) is 5.33. The van der Waals surface area contributed by atoms with E-state index in [9.17, 15) is 4.79 Å². The number of furan rings is 1. The van der Waals surface area contributed by atoms with Crippen LogP contribution in [0.25, 0.3) is 11.0 Å². The van der Waals surface area contributed by atoms with Gasteiger partial charge in [-0.2, -0.15) is 0 Å². The Morgan fingerprint density at radius 1 is 1.15 bits per heavy atom. The summed E-state index contributed by atoms with van der Waals surface area (Å²) in [5.74, 6) is 0.283. The maximum absolute atomic E-state index is 12.6. The molecule has 0 radical (unpaired) electrons. The van der Waals surface area contributed by atoms with E-state index in [0.717, 1.165) is 24.6 Å². The lowest BCUT2D eigenvalue weighted by Gasteiger charge is -2.01. The van der Waals surface area contributed by atoms with Gasteiger partial charge >= 0.3 is 0 Å². The molecule has 0 spiro atoms. The van der Waals surface area contributed by atoms with Crippen molar-refractivity contribution in [1.29, 1.82) is 0 Å². The average molecular weight is 441 g/mol. The molecule has 1 heterocycles. The molecule has 2 nitrogen and oxygen atoms in total. The predicted molar refractivity (Wildman–Crippen MR) is 91.2 cm³/mol. The Kier molecular flexibility index (Phi) is 3.69. The van der Waals surface area contributed by atoms with E-state index in [0.29, 0.717) is 11.3 Å². The number of hydrogen-bond acceptors (Lipinski definition) is 2. The van der Waals surface area contributed by atoms with Gasteiger partial charge in [-0.1, -0.05) is 27.6 Å². The topological polar surface area (TPSA) is 30.2 Å². The largest absolute Gasteiger partial charge is 0.453 e. The van der Waals surface area contributed by atoms with Crippen LogP contribution in [0.2, 0.25) is 0 Å². The summed E-state index contributed by atoms with van der Waals surface area (Å²) in [5.41, 5.74) is 2.54. The zero-order valence-corrected chi connectivity index (χ0v) is 14.4. The predicted octanol–water partition coefficient (Wildman–Crippen LogP) is 5.34. The van der Waals surface area contributed by atoms with E-state index in [1.54, 1.807) is 0 Å². The van der Waals surface area contributed by atoms with Crippen LogP contribution in [-0.4, -0.2) is 5.78 Å². The van der Waals surface area contributed by atoms with Crippen molar-refractivity contribution >= 4 is 55.3 Å². The van der Waals surface area contributed by atoms with E-state index in [-0.39, 0.29) is 5.78 Å². The van der Waals surface area contributed by atoms with Crippen LogP contribution >= 0.6 is 38.5 Å². The molecule has 0 N–H and O–H groups in total. The Hall–Kier alpha value is -1.14. The number of benzene rings is 2. The van der Waals surface area contributed by atoms with E-state index in [1.807, 2.05) is 49.4 Å². The molecule has 0 fully saturated rings. The van der Waals surface area contributed by atoms with Gasteiger partial charge < -0.3 is 4.42 Å². The summed E-state index contributed by atoms with van der Waals surface area (Å²) in [6, 6.07) is 13.3. The summed E-state index contributed by atoms with van der Waals surface area (Å²) < 4.78 is 7.46. The Balaban J connectivity index is 2.10. The van der Waals surface area contributed by atoms with Crippen LogP contribution < -0.4 is 0 Å². The number of carbonyl (C=O) groups excluding carboxylic acids is 1. The molecule has 2 aromatic carbocycles. The zero-order valence-electron chi connectivity index (χ0n) is 10.6. The van der Waals surface area contributed by atoms with Gasteiger partial charge in [-0.05, 0) is 65.9 Å². The molecule has 0 aliphatic rings. The maximum atomic E-state index is 12.6. The van der Waals surface area contributed by atoms with Gasteiger partial charge in [0.2, 0.25) is 5.78 Å². The number of aryl methyl sites for hydroxylation is 1. The summed E-state index contributed by atoms with van der Waals surface area (Å²) in [7, 11) is 0. The van der Waals surface area contributed by atoms with E-state index in [1.165, 1.54) is 0 Å². The Morgan fingerprint density at radius 3 is 2.75 bits per heavy atom. The van der Waals surface area contributed by atoms with Gasteiger partial charge in [0.25, 0.3) is 0 Å². The first-order valence-corrected chi connectivity index (χ1v) is 7.92. The average Bonchev–Trinajstić information content (AvgIpc) is 2.83. The first-order chi connectivity index (χ1) is 9.54. The van der Waals surface area contributed by atoms with Crippen LogP contribution in [0.4, 0.5) is 0 Å². The van der Waals surface area contributed by atoms with Crippen molar-refractivity contribution in [2.24, 2.45) is 0 Å². The Morgan fingerprint density at radius 2 is 1.95 bits per heavy atom. The summed E-state index contributed by atoms with van der Waals surface area (Å²) in [6.07, 6.45) is 0. The van der Waals surface area contributed by atoms with Crippen molar-refractivity contribution in [3.05, 3.63) is 67.4 Å². The highest BCUT2D eigenvalue weighted by Gasteiger charge is 2.17. The molecule has 100 valence electrons. The SMILES string of the molecule is Cc1ccc2oc(C(=O)c3cc(Br)ccc3I)cc2c1. The van der Waals surface area contributed by atoms with E-state index >= 15 is 0 Å². The molecular weight excluding hydrogens is 431 g/mol. The molecule has 0 aliphatic carbocycles. The highest BCUT2D eigenvalue weighted by Crippen LogP contribution is 2.25. The summed E-state index contributed by atoms with van der Waals surface area (Å²) >= 11 is 5.55. The number of fused-ring (bicyclic) bond motifs is 1. The van der Waals surface area contributed by atoms with Crippen molar-refractivity contribution in [3.63, 3.8) is 0 Å². The van der Waals surface area contributed by atoms with Crippen LogP contribution in [0, 0.1) is 10.5 Å². The lowest BCUT2D eigenvalue weighted by Crippen LogP contribution is -2.02. The van der Waals surface area contributed by atoms with E-state index in [4.69, 9.17) is 4.42 Å². The molecule has 0 saturated heterocycles. The molecule has 0 saturated carbocycles. The molecule has 3 rings (SSSR count). The number of ketones is 1. The molecule has 20 heavy (non-hydrogen) atoms. The number of halogens is 2. The van der Waals surface area contributed by atoms with Gasteiger partial charge in [-0.25, -0.2) is 0 Å². The Labute approximate surface area is 138 Å². The Bertz CT molecular complexity index is 820. The minimum absolute atomic E-state index is 0.0930. The molecule has 1 aromatic heterocycles. The van der Waals surface area contributed by atoms with Crippen molar-refractivity contribution in [1.82, 2.24) is 0 Å². The number of carbonyl (C=O) groups is 1. The lowest BCUT2D eigenvalue weighted by molar-refractivity contribution is 0.101. The van der Waals surface area contributed by atoms with Gasteiger partial charge in [-0.3, -0.25) is 4.79 Å². The quantitative estimate of drug-likeness (QED) is 0.397. The van der Waals surface area contributed by atoms with E-state index < -0.39 is 0 Å². The van der Waals surface area contributed by atoms with E-state index in [2.05, 4.69) is 38.5 Å². The van der Waals surface area contributed by atoms with Crippen LogP contribution in [-0.2, 0) is 0 Å². The first-order valence-electron chi connectivity index (χ1n) is 6.04.